The molecule has 0 fully saturated rings. The third-order valence-electron chi connectivity index (χ3n) is 1.67. The molecule has 0 aliphatic rings. The van der Waals surface area contributed by atoms with E-state index in [0.717, 1.165) is 6.42 Å². The van der Waals surface area contributed by atoms with E-state index in [1.165, 1.54) is 6.07 Å². The third-order valence-corrected chi connectivity index (χ3v) is 1.67. The molecule has 1 rings (SSSR count). The second-order valence-corrected chi connectivity index (χ2v) is 2.96. The van der Waals surface area contributed by atoms with Crippen LogP contribution in [-0.2, 0) is 0 Å². The summed E-state index contributed by atoms with van der Waals surface area (Å²) in [5, 5.41) is 14.3. The van der Waals surface area contributed by atoms with E-state index in [4.69, 9.17) is 5.11 Å². The fourth-order valence-corrected chi connectivity index (χ4v) is 1.00. The average Bonchev–Trinajstić information content (AvgIpc) is 2.18. The topological polar surface area (TPSA) is 61.4 Å². The molecule has 1 aromatic rings. The zero-order chi connectivity index (χ0) is 11.1. The first kappa shape index (κ1) is 11.1. The van der Waals surface area contributed by atoms with Crippen LogP contribution in [0.15, 0.2) is 36.5 Å². The largest absolute Gasteiger partial charge is 0.508 e. The Bertz CT molecular complexity index is 361. The van der Waals surface area contributed by atoms with Gasteiger partial charge in [-0.25, -0.2) is 4.79 Å². The standard InChI is InChI=1S/C11H14N2O2/c1-2-3-7-12-11(15)13-9-5-4-6-10(14)8-9/h3-8,14H,2H2,1H3,(H2,12,13,15)/b7-3+. The van der Waals surface area contributed by atoms with Gasteiger partial charge < -0.3 is 15.7 Å². The van der Waals surface area contributed by atoms with Crippen LogP contribution in [0.1, 0.15) is 13.3 Å². The molecule has 15 heavy (non-hydrogen) atoms. The van der Waals surface area contributed by atoms with E-state index in [1.807, 2.05) is 13.0 Å². The van der Waals surface area contributed by atoms with Crippen LogP contribution in [0.2, 0.25) is 0 Å². The summed E-state index contributed by atoms with van der Waals surface area (Å²) >= 11 is 0. The van der Waals surface area contributed by atoms with Gasteiger partial charge in [-0.05, 0) is 18.6 Å². The molecule has 0 unspecified atom stereocenters. The second-order valence-electron chi connectivity index (χ2n) is 2.96. The molecular formula is C11H14N2O2. The number of benzene rings is 1. The highest BCUT2D eigenvalue weighted by atomic mass is 16.3. The molecule has 0 spiro atoms. The number of carbonyl (C=O) groups is 1. The Hall–Kier alpha value is -1.97. The Labute approximate surface area is 88.6 Å². The number of allylic oxidation sites excluding steroid dienone is 1. The van der Waals surface area contributed by atoms with Gasteiger partial charge in [-0.1, -0.05) is 19.1 Å². The number of hydrogen-bond acceptors (Lipinski definition) is 2. The van der Waals surface area contributed by atoms with Crippen LogP contribution in [0.3, 0.4) is 0 Å². The third kappa shape index (κ3) is 4.17. The molecule has 0 aliphatic heterocycles. The molecule has 0 saturated heterocycles. The maximum absolute atomic E-state index is 11.2. The minimum Gasteiger partial charge on any atom is -0.508 e. The molecule has 80 valence electrons. The quantitative estimate of drug-likeness (QED) is 0.711. The summed E-state index contributed by atoms with van der Waals surface area (Å²) in [6, 6.07) is 6.05. The lowest BCUT2D eigenvalue weighted by atomic mass is 10.3. The van der Waals surface area contributed by atoms with Crippen molar-refractivity contribution >= 4 is 11.7 Å². The highest BCUT2D eigenvalue weighted by Crippen LogP contribution is 2.14. The van der Waals surface area contributed by atoms with Crippen LogP contribution in [0.5, 0.6) is 5.75 Å². The summed E-state index contributed by atoms with van der Waals surface area (Å²) < 4.78 is 0. The fourth-order valence-electron chi connectivity index (χ4n) is 1.00. The summed E-state index contributed by atoms with van der Waals surface area (Å²) in [5.41, 5.74) is 0.553. The van der Waals surface area contributed by atoms with Gasteiger partial charge in [-0.2, -0.15) is 0 Å². The number of carbonyl (C=O) groups excluding carboxylic acids is 1. The van der Waals surface area contributed by atoms with Crippen molar-refractivity contribution in [2.24, 2.45) is 0 Å². The van der Waals surface area contributed by atoms with E-state index in [-0.39, 0.29) is 11.8 Å². The minimum atomic E-state index is -0.328. The summed E-state index contributed by atoms with van der Waals surface area (Å²) in [7, 11) is 0. The number of phenolic OH excluding ortho intramolecular Hbond substituents is 1. The van der Waals surface area contributed by atoms with Gasteiger partial charge in [0.2, 0.25) is 0 Å². The number of hydrogen-bond donors (Lipinski definition) is 3. The van der Waals surface area contributed by atoms with Crippen LogP contribution in [0.25, 0.3) is 0 Å². The molecule has 0 aliphatic carbocycles. The van der Waals surface area contributed by atoms with Gasteiger partial charge in [0, 0.05) is 18.0 Å². The van der Waals surface area contributed by atoms with Crippen molar-refractivity contribution < 1.29 is 9.90 Å². The highest BCUT2D eigenvalue weighted by molar-refractivity contribution is 5.90. The maximum Gasteiger partial charge on any atom is 0.323 e. The first-order chi connectivity index (χ1) is 7.22. The molecule has 0 bridgehead atoms. The van der Waals surface area contributed by atoms with Gasteiger partial charge in [0.1, 0.15) is 5.75 Å². The number of amides is 2. The van der Waals surface area contributed by atoms with Crippen LogP contribution >= 0.6 is 0 Å². The van der Waals surface area contributed by atoms with E-state index in [2.05, 4.69) is 10.6 Å². The number of aromatic hydroxyl groups is 1. The summed E-state index contributed by atoms with van der Waals surface area (Å²) in [6.45, 7) is 1.98. The Morgan fingerprint density at radius 2 is 2.33 bits per heavy atom. The van der Waals surface area contributed by atoms with Crippen LogP contribution < -0.4 is 10.6 Å². The second kappa shape index (κ2) is 5.70. The lowest BCUT2D eigenvalue weighted by Gasteiger charge is -2.04. The lowest BCUT2D eigenvalue weighted by molar-refractivity contribution is 0.255. The monoisotopic (exact) mass is 206 g/mol. The van der Waals surface area contributed by atoms with Gasteiger partial charge in [0.15, 0.2) is 0 Å². The van der Waals surface area contributed by atoms with E-state index in [9.17, 15) is 4.79 Å². The molecule has 0 aromatic heterocycles. The zero-order valence-electron chi connectivity index (χ0n) is 8.53. The van der Waals surface area contributed by atoms with Gasteiger partial charge in [-0.15, -0.1) is 0 Å². The molecule has 1 aromatic carbocycles. The van der Waals surface area contributed by atoms with Crippen molar-refractivity contribution in [3.05, 3.63) is 36.5 Å². The SMILES string of the molecule is CC/C=C/NC(=O)Nc1cccc(O)c1. The molecule has 0 heterocycles. The summed E-state index contributed by atoms with van der Waals surface area (Å²) in [6.07, 6.45) is 4.28. The molecule has 4 nitrogen and oxygen atoms in total. The summed E-state index contributed by atoms with van der Waals surface area (Å²) in [4.78, 5) is 11.2. The van der Waals surface area contributed by atoms with E-state index < -0.39 is 0 Å². The van der Waals surface area contributed by atoms with E-state index >= 15 is 0 Å². The molecule has 0 saturated carbocycles. The number of nitrogens with one attached hydrogen (secondary N) is 2. The maximum atomic E-state index is 11.2. The average molecular weight is 206 g/mol. The zero-order valence-corrected chi connectivity index (χ0v) is 8.53. The molecule has 4 heteroatoms. The molecular weight excluding hydrogens is 192 g/mol. The van der Waals surface area contributed by atoms with Gasteiger partial charge in [0.25, 0.3) is 0 Å². The van der Waals surface area contributed by atoms with Crippen molar-refractivity contribution in [2.45, 2.75) is 13.3 Å². The van der Waals surface area contributed by atoms with Gasteiger partial charge >= 0.3 is 6.03 Å². The Morgan fingerprint density at radius 1 is 1.53 bits per heavy atom. The molecule has 3 N–H and O–H groups in total. The summed E-state index contributed by atoms with van der Waals surface area (Å²) in [5.74, 6) is 0.122. The fraction of sp³-hybridized carbons (Fsp3) is 0.182. The van der Waals surface area contributed by atoms with E-state index in [1.54, 1.807) is 24.4 Å². The smallest absolute Gasteiger partial charge is 0.323 e. The van der Waals surface area contributed by atoms with Crippen molar-refractivity contribution in [1.29, 1.82) is 0 Å². The van der Waals surface area contributed by atoms with Crippen molar-refractivity contribution in [3.63, 3.8) is 0 Å². The van der Waals surface area contributed by atoms with E-state index in [0.29, 0.717) is 5.69 Å². The van der Waals surface area contributed by atoms with Crippen molar-refractivity contribution in [3.8, 4) is 5.75 Å². The molecule has 2 amide bonds. The van der Waals surface area contributed by atoms with Gasteiger partial charge in [0.05, 0.1) is 0 Å². The molecule has 0 atom stereocenters. The number of rotatable bonds is 3. The Kier molecular flexibility index (Phi) is 4.22. The minimum absolute atomic E-state index is 0.122. The number of phenols is 1. The van der Waals surface area contributed by atoms with Gasteiger partial charge in [-0.3, -0.25) is 0 Å². The number of urea groups is 1. The Morgan fingerprint density at radius 3 is 3.00 bits per heavy atom. The first-order valence-corrected chi connectivity index (χ1v) is 4.74. The highest BCUT2D eigenvalue weighted by Gasteiger charge is 1.98. The van der Waals surface area contributed by atoms with Crippen molar-refractivity contribution in [1.82, 2.24) is 5.32 Å². The normalized spacial score (nSPS) is 10.2. The van der Waals surface area contributed by atoms with Crippen LogP contribution in [0, 0.1) is 0 Å². The number of anilines is 1. The lowest BCUT2D eigenvalue weighted by Crippen LogP contribution is -2.23. The molecule has 0 radical (unpaired) electrons. The van der Waals surface area contributed by atoms with Crippen LogP contribution in [-0.4, -0.2) is 11.1 Å². The van der Waals surface area contributed by atoms with Crippen LogP contribution in [0.4, 0.5) is 10.5 Å². The first-order valence-electron chi connectivity index (χ1n) is 4.74. The predicted octanol–water partition coefficient (Wildman–Crippen LogP) is 2.44. The van der Waals surface area contributed by atoms with Crippen molar-refractivity contribution in [2.75, 3.05) is 5.32 Å². The predicted molar refractivity (Wildman–Crippen MR) is 59.7 cm³/mol. The Balaban J connectivity index is 2.48.